The summed E-state index contributed by atoms with van der Waals surface area (Å²) >= 11 is 17.3. The Labute approximate surface area is 107 Å². The minimum atomic E-state index is -1.15. The standard InChI is InChI=1S/C11H16Cl3N/c1-4-9-7-8(2)15(3)10(9)5-6-11(12,13)14/h7,10H,2,4-6H2,1,3H3. The van der Waals surface area contributed by atoms with Crippen molar-refractivity contribution in [2.75, 3.05) is 7.05 Å². The fraction of sp³-hybridized carbons (Fsp3) is 0.636. The Kier molecular flexibility index (Phi) is 4.39. The van der Waals surface area contributed by atoms with Crippen LogP contribution in [0.15, 0.2) is 23.9 Å². The lowest BCUT2D eigenvalue weighted by atomic mass is 10.0. The molecule has 0 saturated heterocycles. The molecule has 0 radical (unpaired) electrons. The highest BCUT2D eigenvalue weighted by atomic mass is 35.6. The molecule has 0 aromatic rings. The molecule has 0 aromatic heterocycles. The average molecular weight is 269 g/mol. The monoisotopic (exact) mass is 267 g/mol. The van der Waals surface area contributed by atoms with E-state index in [0.717, 1.165) is 18.5 Å². The van der Waals surface area contributed by atoms with Crippen molar-refractivity contribution < 1.29 is 0 Å². The number of alkyl halides is 3. The van der Waals surface area contributed by atoms with Crippen LogP contribution >= 0.6 is 34.8 Å². The molecule has 1 unspecified atom stereocenters. The van der Waals surface area contributed by atoms with Gasteiger partial charge in [-0.2, -0.15) is 0 Å². The molecule has 1 aliphatic rings. The molecule has 0 saturated carbocycles. The van der Waals surface area contributed by atoms with E-state index in [0.29, 0.717) is 12.5 Å². The minimum Gasteiger partial charge on any atom is -0.368 e. The van der Waals surface area contributed by atoms with Crippen molar-refractivity contribution in [3.05, 3.63) is 23.9 Å². The van der Waals surface area contributed by atoms with Crippen LogP contribution in [0.4, 0.5) is 0 Å². The van der Waals surface area contributed by atoms with Crippen molar-refractivity contribution in [1.29, 1.82) is 0 Å². The molecule has 0 bridgehead atoms. The predicted molar refractivity (Wildman–Crippen MR) is 68.6 cm³/mol. The number of hydrogen-bond donors (Lipinski definition) is 0. The Bertz CT molecular complexity index is 278. The highest BCUT2D eigenvalue weighted by Crippen LogP contribution is 2.36. The van der Waals surface area contributed by atoms with Gasteiger partial charge in [-0.25, -0.2) is 0 Å². The summed E-state index contributed by atoms with van der Waals surface area (Å²) in [6, 6.07) is 0.345. The van der Waals surface area contributed by atoms with Gasteiger partial charge < -0.3 is 4.90 Å². The number of hydrogen-bond acceptors (Lipinski definition) is 1. The van der Waals surface area contributed by atoms with Crippen LogP contribution in [0, 0.1) is 0 Å². The SMILES string of the molecule is C=C1C=C(CC)C(CCC(Cl)(Cl)Cl)N1C. The third kappa shape index (κ3) is 3.58. The molecular formula is C11H16Cl3N. The number of nitrogens with zero attached hydrogens (tertiary/aromatic N) is 1. The van der Waals surface area contributed by atoms with Crippen LogP contribution in [0.3, 0.4) is 0 Å². The first-order chi connectivity index (χ1) is 6.85. The molecule has 0 N–H and O–H groups in total. The summed E-state index contributed by atoms with van der Waals surface area (Å²) in [4.78, 5) is 2.15. The van der Waals surface area contributed by atoms with Crippen LogP contribution < -0.4 is 0 Å². The van der Waals surface area contributed by atoms with Crippen LogP contribution in [-0.4, -0.2) is 21.8 Å². The summed E-state index contributed by atoms with van der Waals surface area (Å²) in [6.45, 7) is 6.12. The van der Waals surface area contributed by atoms with E-state index in [4.69, 9.17) is 34.8 Å². The van der Waals surface area contributed by atoms with Gasteiger partial charge in [-0.05, 0) is 30.9 Å². The molecule has 1 rings (SSSR count). The number of halogens is 3. The van der Waals surface area contributed by atoms with E-state index in [1.807, 2.05) is 7.05 Å². The Balaban J connectivity index is 2.61. The lowest BCUT2D eigenvalue weighted by Gasteiger charge is -2.26. The summed E-state index contributed by atoms with van der Waals surface area (Å²) in [7, 11) is 2.03. The van der Waals surface area contributed by atoms with Crippen LogP contribution in [0.1, 0.15) is 26.2 Å². The van der Waals surface area contributed by atoms with Gasteiger partial charge in [0.05, 0.1) is 6.04 Å². The molecule has 86 valence electrons. The van der Waals surface area contributed by atoms with Gasteiger partial charge in [0.1, 0.15) is 0 Å². The normalized spacial score (nSPS) is 22.2. The van der Waals surface area contributed by atoms with Crippen LogP contribution in [0.2, 0.25) is 0 Å². The first-order valence-electron chi connectivity index (χ1n) is 5.04. The molecule has 0 aliphatic carbocycles. The first kappa shape index (κ1) is 13.2. The number of allylic oxidation sites excluding steroid dienone is 1. The van der Waals surface area contributed by atoms with Crippen molar-refractivity contribution in [2.24, 2.45) is 0 Å². The molecule has 1 heterocycles. The molecule has 1 aliphatic heterocycles. The van der Waals surface area contributed by atoms with Crippen LogP contribution in [0.5, 0.6) is 0 Å². The molecule has 0 fully saturated rings. The highest BCUT2D eigenvalue weighted by Gasteiger charge is 2.28. The number of rotatable bonds is 3. The lowest BCUT2D eigenvalue weighted by Crippen LogP contribution is -2.27. The Morgan fingerprint density at radius 3 is 2.53 bits per heavy atom. The molecule has 0 amide bonds. The average Bonchev–Trinajstić information content (AvgIpc) is 2.39. The van der Waals surface area contributed by atoms with Crippen molar-refractivity contribution in [1.82, 2.24) is 4.90 Å². The van der Waals surface area contributed by atoms with Gasteiger partial charge in [-0.1, -0.05) is 48.3 Å². The second-order valence-corrected chi connectivity index (χ2v) is 6.36. The third-order valence-electron chi connectivity index (χ3n) is 2.81. The molecule has 15 heavy (non-hydrogen) atoms. The van der Waals surface area contributed by atoms with E-state index in [1.165, 1.54) is 5.57 Å². The summed E-state index contributed by atoms with van der Waals surface area (Å²) in [5.74, 6) is 0. The fourth-order valence-electron chi connectivity index (χ4n) is 1.88. The van der Waals surface area contributed by atoms with E-state index in [9.17, 15) is 0 Å². The second kappa shape index (κ2) is 4.99. The number of likely N-dealkylation sites (N-methyl/N-ethyl adjacent to an activating group) is 1. The van der Waals surface area contributed by atoms with E-state index in [1.54, 1.807) is 0 Å². The molecule has 1 nitrogen and oxygen atoms in total. The van der Waals surface area contributed by atoms with E-state index in [-0.39, 0.29) is 0 Å². The van der Waals surface area contributed by atoms with E-state index >= 15 is 0 Å². The van der Waals surface area contributed by atoms with E-state index < -0.39 is 3.79 Å². The molecule has 0 spiro atoms. The zero-order valence-electron chi connectivity index (χ0n) is 9.06. The minimum absolute atomic E-state index is 0.345. The topological polar surface area (TPSA) is 3.24 Å². The van der Waals surface area contributed by atoms with Gasteiger partial charge in [0.2, 0.25) is 0 Å². The lowest BCUT2D eigenvalue weighted by molar-refractivity contribution is 0.345. The fourth-order valence-corrected chi connectivity index (χ4v) is 2.21. The maximum atomic E-state index is 5.76. The van der Waals surface area contributed by atoms with Gasteiger partial charge in [0.25, 0.3) is 0 Å². The largest absolute Gasteiger partial charge is 0.368 e. The Morgan fingerprint density at radius 1 is 1.47 bits per heavy atom. The first-order valence-corrected chi connectivity index (χ1v) is 6.17. The predicted octanol–water partition coefficient (Wildman–Crippen LogP) is 4.30. The third-order valence-corrected chi connectivity index (χ3v) is 3.38. The Hall–Kier alpha value is 0.150. The quantitative estimate of drug-likeness (QED) is 0.690. The second-order valence-electron chi connectivity index (χ2n) is 3.84. The molecule has 1 atom stereocenters. The van der Waals surface area contributed by atoms with Crippen molar-refractivity contribution in [3.63, 3.8) is 0 Å². The smallest absolute Gasteiger partial charge is 0.190 e. The van der Waals surface area contributed by atoms with Crippen LogP contribution in [0.25, 0.3) is 0 Å². The van der Waals surface area contributed by atoms with Crippen molar-refractivity contribution >= 4 is 34.8 Å². The van der Waals surface area contributed by atoms with Gasteiger partial charge in [0.15, 0.2) is 3.79 Å². The maximum absolute atomic E-state index is 5.76. The maximum Gasteiger partial charge on any atom is 0.190 e. The highest BCUT2D eigenvalue weighted by molar-refractivity contribution is 6.67. The van der Waals surface area contributed by atoms with Gasteiger partial charge in [0, 0.05) is 12.7 Å². The summed E-state index contributed by atoms with van der Waals surface area (Å²) < 4.78 is -1.15. The van der Waals surface area contributed by atoms with Crippen LogP contribution in [-0.2, 0) is 0 Å². The summed E-state index contributed by atoms with van der Waals surface area (Å²) in [5, 5.41) is 0. The zero-order valence-corrected chi connectivity index (χ0v) is 11.3. The van der Waals surface area contributed by atoms with Gasteiger partial charge >= 0.3 is 0 Å². The molecular weight excluding hydrogens is 252 g/mol. The van der Waals surface area contributed by atoms with E-state index in [2.05, 4.69) is 24.5 Å². The van der Waals surface area contributed by atoms with Gasteiger partial charge in [-0.15, -0.1) is 0 Å². The van der Waals surface area contributed by atoms with Crippen molar-refractivity contribution in [2.45, 2.75) is 36.0 Å². The Morgan fingerprint density at radius 2 is 2.07 bits per heavy atom. The van der Waals surface area contributed by atoms with Crippen molar-refractivity contribution in [3.8, 4) is 0 Å². The summed E-state index contributed by atoms with van der Waals surface area (Å²) in [6.07, 6.45) is 4.57. The molecule has 0 aromatic carbocycles. The zero-order chi connectivity index (χ0) is 11.6. The van der Waals surface area contributed by atoms with Gasteiger partial charge in [-0.3, -0.25) is 0 Å². The summed E-state index contributed by atoms with van der Waals surface area (Å²) in [5.41, 5.74) is 2.41. The molecule has 4 heteroatoms.